The number of anilines is 2. The monoisotopic (exact) mass is 332 g/mol. The van der Waals surface area contributed by atoms with Crippen LogP contribution in [0.3, 0.4) is 0 Å². The Balaban J connectivity index is 2.20. The molecule has 0 aliphatic carbocycles. The minimum absolute atomic E-state index is 0.0484. The standard InChI is InChI=1S/C16H16N2O4S/c1-2-15(21)18-11-7-9(3-5-12(11)19)16(22)17-10-4-6-14(23)13(20)8-10/h3-8,19-20,23H,2H2,1H3,(H,17,22)(H,18,21). The van der Waals surface area contributed by atoms with Crippen molar-refractivity contribution in [2.45, 2.75) is 18.2 Å². The van der Waals surface area contributed by atoms with Gasteiger partial charge >= 0.3 is 0 Å². The van der Waals surface area contributed by atoms with E-state index >= 15 is 0 Å². The fourth-order valence-corrected chi connectivity index (χ4v) is 1.96. The Labute approximate surface area is 138 Å². The van der Waals surface area contributed by atoms with Crippen molar-refractivity contribution in [3.8, 4) is 11.5 Å². The Hall–Kier alpha value is -2.67. The molecule has 0 saturated heterocycles. The highest BCUT2D eigenvalue weighted by atomic mass is 32.1. The summed E-state index contributed by atoms with van der Waals surface area (Å²) in [5, 5.41) is 24.4. The zero-order valence-electron chi connectivity index (χ0n) is 12.3. The van der Waals surface area contributed by atoms with Gasteiger partial charge in [0.1, 0.15) is 11.5 Å². The van der Waals surface area contributed by atoms with Gasteiger partial charge in [-0.25, -0.2) is 0 Å². The molecule has 0 heterocycles. The van der Waals surface area contributed by atoms with Gasteiger partial charge in [0.15, 0.2) is 0 Å². The summed E-state index contributed by atoms with van der Waals surface area (Å²) in [5.74, 6) is -0.886. The van der Waals surface area contributed by atoms with Crippen LogP contribution in [-0.2, 0) is 4.79 Å². The molecule has 7 heteroatoms. The zero-order chi connectivity index (χ0) is 17.0. The lowest BCUT2D eigenvalue weighted by Crippen LogP contribution is -2.14. The highest BCUT2D eigenvalue weighted by molar-refractivity contribution is 7.80. The van der Waals surface area contributed by atoms with Gasteiger partial charge in [-0.15, -0.1) is 12.6 Å². The number of rotatable bonds is 4. The molecule has 0 spiro atoms. The van der Waals surface area contributed by atoms with Gasteiger partial charge in [-0.3, -0.25) is 9.59 Å². The predicted molar refractivity (Wildman–Crippen MR) is 90.3 cm³/mol. The number of carbonyl (C=O) groups excluding carboxylic acids is 2. The number of phenolic OH excluding ortho intramolecular Hbond substituents is 2. The Kier molecular flexibility index (Phi) is 5.13. The van der Waals surface area contributed by atoms with Crippen molar-refractivity contribution in [1.82, 2.24) is 0 Å². The normalized spacial score (nSPS) is 10.2. The molecule has 2 aromatic rings. The predicted octanol–water partition coefficient (Wildman–Crippen LogP) is 2.99. The number of aromatic hydroxyl groups is 2. The third kappa shape index (κ3) is 4.17. The Morgan fingerprint density at radius 2 is 1.78 bits per heavy atom. The molecule has 0 aliphatic rings. The van der Waals surface area contributed by atoms with E-state index in [1.165, 1.54) is 24.3 Å². The van der Waals surface area contributed by atoms with Crippen LogP contribution in [-0.4, -0.2) is 22.0 Å². The second kappa shape index (κ2) is 7.06. The molecule has 23 heavy (non-hydrogen) atoms. The van der Waals surface area contributed by atoms with E-state index in [4.69, 9.17) is 0 Å². The third-order valence-electron chi connectivity index (χ3n) is 3.09. The van der Waals surface area contributed by atoms with Gasteiger partial charge in [0.05, 0.1) is 5.69 Å². The van der Waals surface area contributed by atoms with Gasteiger partial charge in [-0.1, -0.05) is 6.92 Å². The Morgan fingerprint density at radius 3 is 2.43 bits per heavy atom. The van der Waals surface area contributed by atoms with Gasteiger partial charge in [-0.2, -0.15) is 0 Å². The summed E-state index contributed by atoms with van der Waals surface area (Å²) in [4.78, 5) is 24.0. The number of amides is 2. The zero-order valence-corrected chi connectivity index (χ0v) is 13.2. The van der Waals surface area contributed by atoms with E-state index in [0.29, 0.717) is 10.6 Å². The minimum atomic E-state index is -0.441. The van der Waals surface area contributed by atoms with Crippen LogP contribution in [0.1, 0.15) is 23.7 Å². The topological polar surface area (TPSA) is 98.7 Å². The van der Waals surface area contributed by atoms with Crippen molar-refractivity contribution < 1.29 is 19.8 Å². The van der Waals surface area contributed by atoms with Crippen molar-refractivity contribution in [2.24, 2.45) is 0 Å². The second-order valence-corrected chi connectivity index (χ2v) is 5.27. The van der Waals surface area contributed by atoms with Crippen LogP contribution in [0, 0.1) is 0 Å². The summed E-state index contributed by atoms with van der Waals surface area (Å²) in [7, 11) is 0. The maximum atomic E-state index is 12.2. The summed E-state index contributed by atoms with van der Waals surface area (Å²) in [6, 6.07) is 8.66. The number of hydrogen-bond donors (Lipinski definition) is 5. The van der Waals surface area contributed by atoms with Crippen LogP contribution >= 0.6 is 12.6 Å². The maximum absolute atomic E-state index is 12.2. The molecule has 6 nitrogen and oxygen atoms in total. The average Bonchev–Trinajstić information content (AvgIpc) is 2.52. The summed E-state index contributed by atoms with van der Waals surface area (Å²) in [5.41, 5.74) is 0.819. The van der Waals surface area contributed by atoms with Crippen LogP contribution < -0.4 is 10.6 Å². The lowest BCUT2D eigenvalue weighted by molar-refractivity contribution is -0.115. The van der Waals surface area contributed by atoms with Crippen molar-refractivity contribution >= 4 is 35.8 Å². The fraction of sp³-hybridized carbons (Fsp3) is 0.125. The van der Waals surface area contributed by atoms with Crippen LogP contribution in [0.4, 0.5) is 11.4 Å². The van der Waals surface area contributed by atoms with E-state index in [-0.39, 0.29) is 35.1 Å². The Bertz CT molecular complexity index is 762. The SMILES string of the molecule is CCC(=O)Nc1cc(C(=O)Nc2ccc(S)c(O)c2)ccc1O. The van der Waals surface area contributed by atoms with E-state index in [2.05, 4.69) is 23.3 Å². The summed E-state index contributed by atoms with van der Waals surface area (Å²) < 4.78 is 0. The van der Waals surface area contributed by atoms with Crippen molar-refractivity contribution in [1.29, 1.82) is 0 Å². The molecule has 0 aromatic heterocycles. The summed E-state index contributed by atoms with van der Waals surface area (Å²) in [6.45, 7) is 1.68. The van der Waals surface area contributed by atoms with E-state index in [9.17, 15) is 19.8 Å². The molecule has 0 aliphatic heterocycles. The van der Waals surface area contributed by atoms with Crippen molar-refractivity contribution in [3.05, 3.63) is 42.0 Å². The first kappa shape index (κ1) is 16.7. The maximum Gasteiger partial charge on any atom is 0.255 e. The number of thiol groups is 1. The molecule has 0 radical (unpaired) electrons. The molecule has 0 fully saturated rings. The van der Waals surface area contributed by atoms with Gasteiger partial charge in [0, 0.05) is 28.6 Å². The molecular formula is C16H16N2O4S. The molecule has 0 bridgehead atoms. The molecular weight excluding hydrogens is 316 g/mol. The fourth-order valence-electron chi connectivity index (χ4n) is 1.82. The molecule has 2 amide bonds. The molecule has 0 saturated carbocycles. The van der Waals surface area contributed by atoms with Crippen LogP contribution in [0.2, 0.25) is 0 Å². The Morgan fingerprint density at radius 1 is 1.04 bits per heavy atom. The first-order valence-corrected chi connectivity index (χ1v) is 7.31. The van der Waals surface area contributed by atoms with Crippen LogP contribution in [0.5, 0.6) is 11.5 Å². The van der Waals surface area contributed by atoms with Gasteiger partial charge < -0.3 is 20.8 Å². The lowest BCUT2D eigenvalue weighted by atomic mass is 10.1. The van der Waals surface area contributed by atoms with Crippen LogP contribution in [0.15, 0.2) is 41.3 Å². The molecule has 2 rings (SSSR count). The average molecular weight is 332 g/mol. The van der Waals surface area contributed by atoms with Crippen molar-refractivity contribution in [3.63, 3.8) is 0 Å². The summed E-state index contributed by atoms with van der Waals surface area (Å²) in [6.07, 6.45) is 0.255. The number of nitrogens with one attached hydrogen (secondary N) is 2. The van der Waals surface area contributed by atoms with E-state index in [1.54, 1.807) is 19.1 Å². The highest BCUT2D eigenvalue weighted by Gasteiger charge is 2.12. The molecule has 0 atom stereocenters. The minimum Gasteiger partial charge on any atom is -0.507 e. The number of carbonyl (C=O) groups is 2. The molecule has 120 valence electrons. The second-order valence-electron chi connectivity index (χ2n) is 4.79. The van der Waals surface area contributed by atoms with Crippen molar-refractivity contribution in [2.75, 3.05) is 10.6 Å². The largest absolute Gasteiger partial charge is 0.507 e. The molecule has 2 aromatic carbocycles. The van der Waals surface area contributed by atoms with Crippen LogP contribution in [0.25, 0.3) is 0 Å². The summed E-state index contributed by atoms with van der Waals surface area (Å²) >= 11 is 4.04. The van der Waals surface area contributed by atoms with E-state index in [0.717, 1.165) is 0 Å². The number of phenols is 2. The van der Waals surface area contributed by atoms with Gasteiger partial charge in [0.2, 0.25) is 5.91 Å². The lowest BCUT2D eigenvalue weighted by Gasteiger charge is -2.10. The smallest absolute Gasteiger partial charge is 0.255 e. The molecule has 0 unspecified atom stereocenters. The number of hydrogen-bond acceptors (Lipinski definition) is 5. The molecule has 4 N–H and O–H groups in total. The van der Waals surface area contributed by atoms with E-state index < -0.39 is 5.91 Å². The van der Waals surface area contributed by atoms with Gasteiger partial charge in [0.25, 0.3) is 5.91 Å². The van der Waals surface area contributed by atoms with E-state index in [1.807, 2.05) is 0 Å². The van der Waals surface area contributed by atoms with Gasteiger partial charge in [-0.05, 0) is 30.3 Å². The highest BCUT2D eigenvalue weighted by Crippen LogP contribution is 2.27. The number of benzene rings is 2. The first-order valence-electron chi connectivity index (χ1n) is 6.87. The quantitative estimate of drug-likeness (QED) is 0.439. The first-order chi connectivity index (χ1) is 10.9. The third-order valence-corrected chi connectivity index (χ3v) is 3.47.